The van der Waals surface area contributed by atoms with Crippen molar-refractivity contribution in [1.29, 1.82) is 0 Å². The minimum absolute atomic E-state index is 0.0316. The maximum absolute atomic E-state index is 14.8. The van der Waals surface area contributed by atoms with E-state index in [0.29, 0.717) is 28.4 Å². The van der Waals surface area contributed by atoms with Gasteiger partial charge in [0.2, 0.25) is 0 Å². The summed E-state index contributed by atoms with van der Waals surface area (Å²) in [6.45, 7) is 2.44. The van der Waals surface area contributed by atoms with E-state index in [0.717, 1.165) is 6.42 Å². The number of ether oxygens (including phenoxy) is 1. The molecule has 2 heterocycles. The van der Waals surface area contributed by atoms with Gasteiger partial charge in [0.1, 0.15) is 22.8 Å². The lowest BCUT2D eigenvalue weighted by atomic mass is 10.2. The van der Waals surface area contributed by atoms with Crippen molar-refractivity contribution < 1.29 is 19.0 Å². The number of anilines is 1. The molecule has 9 nitrogen and oxygen atoms in total. The van der Waals surface area contributed by atoms with Gasteiger partial charge in [0.15, 0.2) is 10.9 Å². The molecule has 3 aromatic rings. The monoisotopic (exact) mass is 458 g/mol. The number of aromatic nitrogens is 3. The number of rotatable bonds is 7. The Labute approximate surface area is 189 Å². The number of benzene rings is 2. The molecule has 1 aliphatic rings. The third-order valence-corrected chi connectivity index (χ3v) is 5.42. The van der Waals surface area contributed by atoms with Crippen molar-refractivity contribution in [3.05, 3.63) is 48.3 Å². The third kappa shape index (κ3) is 4.63. The number of aliphatic hydroxyl groups is 1. The highest BCUT2D eigenvalue weighted by Crippen LogP contribution is 2.25. The molecule has 0 saturated carbocycles. The summed E-state index contributed by atoms with van der Waals surface area (Å²) < 4.78 is 20.2. The zero-order valence-electron chi connectivity index (χ0n) is 17.4. The highest BCUT2D eigenvalue weighted by atomic mass is 32.1. The fraction of sp³-hybridized carbons (Fsp3) is 0.333. The fourth-order valence-electron chi connectivity index (χ4n) is 3.35. The number of amides is 1. The van der Waals surface area contributed by atoms with Crippen molar-refractivity contribution in [2.45, 2.75) is 25.5 Å². The molecule has 11 heteroatoms. The minimum atomic E-state index is -0.562. The standard InChI is InChI=1S/C21H23FN6O3S/c1-2-13(12-29)24-20(32)23-10-15-11-27(21(30)31-15)14-7-8-19(16(22)9-14)28-25-17-5-3-4-6-18(17)26-28/h3-9,13,15,29H,2,10-12H2,1H3,(H2,23,24,32)/t13?,15-/m0/s1. The van der Waals surface area contributed by atoms with Crippen molar-refractivity contribution in [3.8, 4) is 5.69 Å². The molecular formula is C21H23FN6O3S. The Kier molecular flexibility index (Phi) is 6.47. The van der Waals surface area contributed by atoms with Gasteiger partial charge in [0.25, 0.3) is 0 Å². The van der Waals surface area contributed by atoms with Gasteiger partial charge in [-0.3, -0.25) is 4.90 Å². The molecule has 4 rings (SSSR count). The summed E-state index contributed by atoms with van der Waals surface area (Å²) in [5.74, 6) is -0.558. The van der Waals surface area contributed by atoms with E-state index >= 15 is 0 Å². The van der Waals surface area contributed by atoms with Gasteiger partial charge in [-0.15, -0.1) is 15.0 Å². The van der Waals surface area contributed by atoms with Crippen LogP contribution in [0.2, 0.25) is 0 Å². The van der Waals surface area contributed by atoms with Gasteiger partial charge in [-0.25, -0.2) is 9.18 Å². The molecule has 32 heavy (non-hydrogen) atoms. The van der Waals surface area contributed by atoms with Crippen molar-refractivity contribution >= 4 is 40.1 Å². The Morgan fingerprint density at radius 2 is 2.03 bits per heavy atom. The van der Waals surface area contributed by atoms with Gasteiger partial charge in [0.05, 0.1) is 31.4 Å². The number of aliphatic hydroxyl groups excluding tert-OH is 1. The molecule has 0 radical (unpaired) electrons. The first-order valence-electron chi connectivity index (χ1n) is 10.2. The highest BCUT2D eigenvalue weighted by Gasteiger charge is 2.33. The lowest BCUT2D eigenvalue weighted by molar-refractivity contribution is 0.142. The molecule has 0 bridgehead atoms. The van der Waals surface area contributed by atoms with Gasteiger partial charge in [-0.05, 0) is 42.9 Å². The van der Waals surface area contributed by atoms with Crippen LogP contribution in [-0.2, 0) is 4.74 Å². The predicted molar refractivity (Wildman–Crippen MR) is 121 cm³/mol. The van der Waals surface area contributed by atoms with Gasteiger partial charge >= 0.3 is 6.09 Å². The van der Waals surface area contributed by atoms with Crippen molar-refractivity contribution in [3.63, 3.8) is 0 Å². The van der Waals surface area contributed by atoms with Crippen LogP contribution in [0, 0.1) is 5.82 Å². The summed E-state index contributed by atoms with van der Waals surface area (Å²) in [6, 6.07) is 11.6. The van der Waals surface area contributed by atoms with Crippen molar-refractivity contribution in [1.82, 2.24) is 25.6 Å². The van der Waals surface area contributed by atoms with Crippen LogP contribution < -0.4 is 15.5 Å². The molecule has 3 N–H and O–H groups in total. The number of nitrogens with one attached hydrogen (secondary N) is 2. The summed E-state index contributed by atoms with van der Waals surface area (Å²) >= 11 is 5.20. The van der Waals surface area contributed by atoms with Gasteiger partial charge in [-0.2, -0.15) is 0 Å². The topological polar surface area (TPSA) is 105 Å². The molecule has 168 valence electrons. The molecular weight excluding hydrogens is 435 g/mol. The Balaban J connectivity index is 1.41. The number of carbonyl (C=O) groups is 1. The average Bonchev–Trinajstić information content (AvgIpc) is 3.39. The van der Waals surface area contributed by atoms with Crippen LogP contribution >= 0.6 is 12.2 Å². The first kappa shape index (κ1) is 21.9. The summed E-state index contributed by atoms with van der Waals surface area (Å²) in [5, 5.41) is 24.2. The Bertz CT molecular complexity index is 1100. The minimum Gasteiger partial charge on any atom is -0.442 e. The SMILES string of the molecule is CCC(CO)NC(=S)NC[C@H]1CN(c2ccc(-n3nc4ccccc4n3)c(F)c2)C(=O)O1. The molecule has 1 fully saturated rings. The van der Waals surface area contributed by atoms with Crippen LogP contribution in [0.5, 0.6) is 0 Å². The van der Waals surface area contributed by atoms with E-state index in [-0.39, 0.29) is 24.9 Å². The smallest absolute Gasteiger partial charge is 0.414 e. The number of cyclic esters (lactones) is 1. The summed E-state index contributed by atoms with van der Waals surface area (Å²) in [6.07, 6.45) is -0.305. The van der Waals surface area contributed by atoms with E-state index in [4.69, 9.17) is 17.0 Å². The molecule has 1 aliphatic heterocycles. The quantitative estimate of drug-likeness (QED) is 0.463. The van der Waals surface area contributed by atoms with E-state index in [2.05, 4.69) is 20.8 Å². The number of fused-ring (bicyclic) bond motifs is 1. The van der Waals surface area contributed by atoms with Crippen LogP contribution in [0.3, 0.4) is 0 Å². The molecule has 0 aliphatic carbocycles. The summed E-state index contributed by atoms with van der Waals surface area (Å²) in [5.41, 5.74) is 1.88. The van der Waals surface area contributed by atoms with E-state index in [1.54, 1.807) is 18.2 Å². The molecule has 1 aromatic heterocycles. The molecule has 1 saturated heterocycles. The fourth-order valence-corrected chi connectivity index (χ4v) is 3.60. The molecule has 1 unspecified atom stereocenters. The number of hydrogen-bond donors (Lipinski definition) is 3. The van der Waals surface area contributed by atoms with Crippen molar-refractivity contribution in [2.75, 3.05) is 24.6 Å². The lowest BCUT2D eigenvalue weighted by Crippen LogP contribution is -2.46. The predicted octanol–water partition coefficient (Wildman–Crippen LogP) is 2.12. The largest absolute Gasteiger partial charge is 0.442 e. The van der Waals surface area contributed by atoms with Gasteiger partial charge in [0, 0.05) is 6.07 Å². The molecule has 1 amide bonds. The zero-order chi connectivity index (χ0) is 22.7. The number of hydrogen-bond acceptors (Lipinski definition) is 6. The van der Waals surface area contributed by atoms with E-state index in [1.165, 1.54) is 21.8 Å². The van der Waals surface area contributed by atoms with Gasteiger partial charge in [-0.1, -0.05) is 19.1 Å². The van der Waals surface area contributed by atoms with Crippen LogP contribution in [0.15, 0.2) is 42.5 Å². The van der Waals surface area contributed by atoms with E-state index in [1.807, 2.05) is 19.1 Å². The third-order valence-electron chi connectivity index (χ3n) is 5.16. The number of halogens is 1. The normalized spacial score (nSPS) is 16.8. The van der Waals surface area contributed by atoms with Crippen LogP contribution in [0.1, 0.15) is 13.3 Å². The van der Waals surface area contributed by atoms with Crippen LogP contribution in [-0.4, -0.2) is 63.1 Å². The van der Waals surface area contributed by atoms with Crippen LogP contribution in [0.25, 0.3) is 16.7 Å². The van der Waals surface area contributed by atoms with E-state index in [9.17, 15) is 14.3 Å². The molecule has 2 atom stereocenters. The molecule has 0 spiro atoms. The van der Waals surface area contributed by atoms with Gasteiger partial charge < -0.3 is 20.5 Å². The van der Waals surface area contributed by atoms with Crippen LogP contribution in [0.4, 0.5) is 14.9 Å². The Morgan fingerprint density at radius 3 is 2.66 bits per heavy atom. The Hall–Kier alpha value is -3.31. The first-order chi connectivity index (χ1) is 15.5. The highest BCUT2D eigenvalue weighted by molar-refractivity contribution is 7.80. The second-order valence-corrected chi connectivity index (χ2v) is 7.78. The second kappa shape index (κ2) is 9.45. The zero-order valence-corrected chi connectivity index (χ0v) is 18.2. The maximum atomic E-state index is 14.8. The first-order valence-corrected chi connectivity index (χ1v) is 10.6. The second-order valence-electron chi connectivity index (χ2n) is 7.37. The number of nitrogens with zero attached hydrogens (tertiary/aromatic N) is 4. The average molecular weight is 459 g/mol. The Morgan fingerprint density at radius 1 is 1.31 bits per heavy atom. The van der Waals surface area contributed by atoms with Crippen molar-refractivity contribution in [2.24, 2.45) is 0 Å². The summed E-state index contributed by atoms with van der Waals surface area (Å²) in [7, 11) is 0. The molecule has 2 aromatic carbocycles. The lowest BCUT2D eigenvalue weighted by Gasteiger charge is -2.18. The number of carbonyl (C=O) groups excluding carboxylic acids is 1. The number of thiocarbonyl (C=S) groups is 1. The maximum Gasteiger partial charge on any atom is 0.414 e. The van der Waals surface area contributed by atoms with E-state index < -0.39 is 18.0 Å². The summed E-state index contributed by atoms with van der Waals surface area (Å²) in [4.78, 5) is 14.9.